The highest BCUT2D eigenvalue weighted by atomic mass is 35.5. The monoisotopic (exact) mass is 552 g/mol. The van der Waals surface area contributed by atoms with Crippen LogP contribution in [0.1, 0.15) is 27.0 Å². The van der Waals surface area contributed by atoms with Crippen molar-refractivity contribution in [3.63, 3.8) is 0 Å². The lowest BCUT2D eigenvalue weighted by molar-refractivity contribution is -0.138. The zero-order chi connectivity index (χ0) is 26.9. The highest BCUT2D eigenvalue weighted by Gasteiger charge is 2.35. The molecule has 3 rings (SSSR count). The van der Waals surface area contributed by atoms with Crippen molar-refractivity contribution >= 4 is 33.4 Å². The molecule has 0 atom stereocenters. The highest BCUT2D eigenvalue weighted by molar-refractivity contribution is 7.92. The zero-order valence-corrected chi connectivity index (χ0v) is 19.6. The number of sulfonamides is 1. The minimum Gasteiger partial charge on any atom is -0.465 e. The van der Waals surface area contributed by atoms with Crippen molar-refractivity contribution < 1.29 is 44.3 Å². The molecule has 0 fully saturated rings. The molecule has 0 amide bonds. The molecule has 0 unspecified atom stereocenters. The maximum Gasteiger partial charge on any atom is 0.417 e. The van der Waals surface area contributed by atoms with Gasteiger partial charge >= 0.3 is 18.3 Å². The highest BCUT2D eigenvalue weighted by Crippen LogP contribution is 2.36. The van der Waals surface area contributed by atoms with E-state index in [0.29, 0.717) is 22.6 Å². The van der Waals surface area contributed by atoms with Crippen molar-refractivity contribution in [3.05, 3.63) is 88.1 Å². The molecule has 0 radical (unpaired) electrons. The van der Waals surface area contributed by atoms with Crippen LogP contribution in [0.25, 0.3) is 0 Å². The Labute approximate surface area is 206 Å². The van der Waals surface area contributed by atoms with Crippen LogP contribution in [0.5, 0.6) is 0 Å². The predicted octanol–water partition coefficient (Wildman–Crippen LogP) is 5.95. The van der Waals surface area contributed by atoms with Gasteiger partial charge in [-0.3, -0.25) is 0 Å². The van der Waals surface area contributed by atoms with E-state index in [-0.39, 0.29) is 11.1 Å². The lowest BCUT2D eigenvalue weighted by atomic mass is 10.1. The Hall–Kier alpha value is -3.32. The van der Waals surface area contributed by atoms with Crippen LogP contribution in [0, 0.1) is 0 Å². The number of methoxy groups -OCH3 is 1. The summed E-state index contributed by atoms with van der Waals surface area (Å²) in [5.41, 5.74) is -2.45. The summed E-state index contributed by atoms with van der Waals surface area (Å²) >= 11 is 5.97. The SMILES string of the molecule is COC(=O)c1ccc(S(=O)(=O)N(Cc2cccc(C(F)(F)F)c2)c2ncc(C(F)(F)F)cc2Cl)cc1. The van der Waals surface area contributed by atoms with Crippen LogP contribution in [0.15, 0.2) is 65.7 Å². The third-order valence-electron chi connectivity index (χ3n) is 4.83. The number of hydrogen-bond donors (Lipinski definition) is 0. The normalized spacial score (nSPS) is 12.3. The maximum absolute atomic E-state index is 13.5. The number of halogens is 7. The Morgan fingerprint density at radius 3 is 2.11 bits per heavy atom. The van der Waals surface area contributed by atoms with Crippen molar-refractivity contribution in [2.45, 2.75) is 23.8 Å². The van der Waals surface area contributed by atoms with Gasteiger partial charge < -0.3 is 4.74 Å². The number of benzene rings is 2. The summed E-state index contributed by atoms with van der Waals surface area (Å²) in [6, 6.07) is 8.49. The topological polar surface area (TPSA) is 76.6 Å². The van der Waals surface area contributed by atoms with Gasteiger partial charge in [0, 0.05) is 6.20 Å². The van der Waals surface area contributed by atoms with Gasteiger partial charge in [0.1, 0.15) is 0 Å². The fourth-order valence-electron chi connectivity index (χ4n) is 3.06. The minimum absolute atomic E-state index is 0.00608. The summed E-state index contributed by atoms with van der Waals surface area (Å²) in [4.78, 5) is 14.8. The first-order valence-electron chi connectivity index (χ1n) is 9.74. The average molecular weight is 553 g/mol. The zero-order valence-electron chi connectivity index (χ0n) is 18.1. The number of hydrogen-bond acceptors (Lipinski definition) is 5. The van der Waals surface area contributed by atoms with Crippen molar-refractivity contribution in [1.29, 1.82) is 0 Å². The summed E-state index contributed by atoms with van der Waals surface area (Å²) < 4.78 is 111. The van der Waals surface area contributed by atoms with E-state index < -0.39 is 61.8 Å². The number of esters is 1. The number of carbonyl (C=O) groups is 1. The quantitative estimate of drug-likeness (QED) is 0.279. The molecular weight excluding hydrogens is 538 g/mol. The maximum atomic E-state index is 13.5. The summed E-state index contributed by atoms with van der Waals surface area (Å²) in [6.07, 6.45) is -9.20. The number of pyridine rings is 1. The Morgan fingerprint density at radius 1 is 0.972 bits per heavy atom. The van der Waals surface area contributed by atoms with E-state index in [1.54, 1.807) is 0 Å². The first-order chi connectivity index (χ1) is 16.6. The van der Waals surface area contributed by atoms with Gasteiger partial charge in [-0.25, -0.2) is 22.5 Å². The molecule has 1 heterocycles. The minimum atomic E-state index is -4.83. The second-order valence-electron chi connectivity index (χ2n) is 7.25. The number of carbonyl (C=O) groups excluding carboxylic acids is 1. The number of alkyl halides is 6. The third kappa shape index (κ3) is 5.90. The van der Waals surface area contributed by atoms with Crippen LogP contribution in [0.3, 0.4) is 0 Å². The van der Waals surface area contributed by atoms with Crippen LogP contribution >= 0.6 is 11.6 Å². The van der Waals surface area contributed by atoms with Crippen molar-refractivity contribution in [3.8, 4) is 0 Å². The fourth-order valence-corrected chi connectivity index (χ4v) is 4.81. The Morgan fingerprint density at radius 2 is 1.58 bits per heavy atom. The van der Waals surface area contributed by atoms with E-state index in [4.69, 9.17) is 11.6 Å². The van der Waals surface area contributed by atoms with Crippen molar-refractivity contribution in [1.82, 2.24) is 4.98 Å². The standard InChI is InChI=1S/C22H15ClF6N2O4S/c1-35-20(32)14-5-7-17(8-6-14)36(33,34)31(12-13-3-2-4-15(9-13)21(24,25)26)19-18(23)10-16(11-30-19)22(27,28)29/h2-11H,12H2,1H3. The van der Waals surface area contributed by atoms with E-state index in [1.807, 2.05) is 0 Å². The number of nitrogens with zero attached hydrogens (tertiary/aromatic N) is 2. The molecule has 0 aliphatic rings. The first kappa shape index (κ1) is 27.3. The molecular formula is C22H15ClF6N2O4S. The van der Waals surface area contributed by atoms with Gasteiger partial charge in [-0.15, -0.1) is 0 Å². The predicted molar refractivity (Wildman–Crippen MR) is 117 cm³/mol. The molecule has 0 spiro atoms. The average Bonchev–Trinajstić information content (AvgIpc) is 2.81. The summed E-state index contributed by atoms with van der Waals surface area (Å²) in [5.74, 6) is -1.40. The molecule has 2 aromatic carbocycles. The fraction of sp³-hybridized carbons (Fsp3) is 0.182. The van der Waals surface area contributed by atoms with Crippen LogP contribution in [-0.4, -0.2) is 26.5 Å². The molecule has 0 saturated carbocycles. The first-order valence-corrected chi connectivity index (χ1v) is 11.6. The van der Waals surface area contributed by atoms with Crippen LogP contribution in [-0.2, 0) is 33.7 Å². The van der Waals surface area contributed by atoms with Gasteiger partial charge in [0.25, 0.3) is 10.0 Å². The lowest BCUT2D eigenvalue weighted by Gasteiger charge is -2.25. The third-order valence-corrected chi connectivity index (χ3v) is 6.86. The molecule has 36 heavy (non-hydrogen) atoms. The van der Waals surface area contributed by atoms with Gasteiger partial charge in [-0.05, 0) is 48.0 Å². The van der Waals surface area contributed by atoms with Crippen LogP contribution in [0.4, 0.5) is 32.2 Å². The van der Waals surface area contributed by atoms with Gasteiger partial charge in [0.05, 0.1) is 40.3 Å². The smallest absolute Gasteiger partial charge is 0.417 e. The molecule has 192 valence electrons. The van der Waals surface area contributed by atoms with Gasteiger partial charge in [-0.2, -0.15) is 26.3 Å². The van der Waals surface area contributed by atoms with E-state index in [9.17, 15) is 39.6 Å². The summed E-state index contributed by atoms with van der Waals surface area (Å²) in [6.45, 7) is -0.747. The van der Waals surface area contributed by atoms with Gasteiger partial charge in [0.15, 0.2) is 5.82 Å². The van der Waals surface area contributed by atoms with Crippen LogP contribution in [0.2, 0.25) is 5.02 Å². The second-order valence-corrected chi connectivity index (χ2v) is 9.52. The lowest BCUT2D eigenvalue weighted by Crippen LogP contribution is -2.32. The molecule has 1 aromatic heterocycles. The largest absolute Gasteiger partial charge is 0.465 e. The summed E-state index contributed by atoms with van der Waals surface area (Å²) in [5, 5.41) is -0.702. The Kier molecular flexibility index (Phi) is 7.55. The van der Waals surface area contributed by atoms with Gasteiger partial charge in [0.2, 0.25) is 0 Å². The molecule has 6 nitrogen and oxygen atoms in total. The molecule has 0 bridgehead atoms. The number of rotatable bonds is 6. The number of aromatic nitrogens is 1. The second kappa shape index (κ2) is 9.97. The Balaban J connectivity index is 2.14. The van der Waals surface area contributed by atoms with Crippen molar-refractivity contribution in [2.75, 3.05) is 11.4 Å². The van der Waals surface area contributed by atoms with E-state index in [0.717, 1.165) is 43.5 Å². The van der Waals surface area contributed by atoms with E-state index in [1.165, 1.54) is 6.07 Å². The summed E-state index contributed by atoms with van der Waals surface area (Å²) in [7, 11) is -3.54. The number of ether oxygens (including phenoxy) is 1. The molecule has 0 saturated heterocycles. The molecule has 14 heteroatoms. The molecule has 3 aromatic rings. The van der Waals surface area contributed by atoms with Crippen molar-refractivity contribution in [2.24, 2.45) is 0 Å². The molecule has 0 aliphatic carbocycles. The molecule has 0 aliphatic heterocycles. The Bertz CT molecular complexity index is 1380. The van der Waals surface area contributed by atoms with E-state index in [2.05, 4.69) is 9.72 Å². The van der Waals surface area contributed by atoms with Crippen LogP contribution < -0.4 is 4.31 Å². The molecule has 0 N–H and O–H groups in total. The number of anilines is 1. The van der Waals surface area contributed by atoms with Gasteiger partial charge in [-0.1, -0.05) is 23.7 Å². The van der Waals surface area contributed by atoms with E-state index >= 15 is 0 Å².